The van der Waals surface area contributed by atoms with Crippen molar-refractivity contribution in [2.24, 2.45) is 10.9 Å². The molecule has 0 aromatic rings. The van der Waals surface area contributed by atoms with E-state index in [0.29, 0.717) is 31.4 Å². The molecule has 0 aromatic carbocycles. The minimum atomic E-state index is -0.228. The number of nitrogens with one attached hydrogen (secondary N) is 2. The molecule has 0 aromatic heterocycles. The summed E-state index contributed by atoms with van der Waals surface area (Å²) in [6.07, 6.45) is 0.446. The van der Waals surface area contributed by atoms with Crippen LogP contribution in [0.2, 0.25) is 0 Å². The summed E-state index contributed by atoms with van der Waals surface area (Å²) in [4.78, 5) is 18.1. The van der Waals surface area contributed by atoms with Gasteiger partial charge in [0.05, 0.1) is 32.8 Å². The first-order valence-electron chi connectivity index (χ1n) is 8.48. The van der Waals surface area contributed by atoms with Crippen LogP contribution in [0.5, 0.6) is 0 Å². The molecule has 1 saturated heterocycles. The molecule has 0 bridgehead atoms. The van der Waals surface area contributed by atoms with E-state index in [4.69, 9.17) is 4.74 Å². The van der Waals surface area contributed by atoms with E-state index in [1.807, 2.05) is 6.92 Å². The Labute approximate surface area is 139 Å². The van der Waals surface area contributed by atoms with E-state index in [1.54, 1.807) is 0 Å². The molecule has 7 nitrogen and oxygen atoms in total. The Bertz CT molecular complexity index is 374. The zero-order valence-electron chi connectivity index (χ0n) is 14.9. The number of guanidine groups is 1. The number of morpholine rings is 1. The number of hydrogen-bond donors (Lipinski definition) is 2. The molecule has 1 atom stereocenters. The number of nitrogens with zero attached hydrogens (tertiary/aromatic N) is 2. The summed E-state index contributed by atoms with van der Waals surface area (Å²) in [5, 5.41) is 6.31. The second kappa shape index (κ2) is 11.2. The van der Waals surface area contributed by atoms with Gasteiger partial charge in [-0.25, -0.2) is 0 Å². The van der Waals surface area contributed by atoms with Crippen LogP contribution >= 0.6 is 0 Å². The Balaban J connectivity index is 2.41. The highest BCUT2D eigenvalue weighted by Gasteiger charge is 2.20. The van der Waals surface area contributed by atoms with Crippen LogP contribution in [0.25, 0.3) is 0 Å². The van der Waals surface area contributed by atoms with Crippen LogP contribution in [0.1, 0.15) is 27.2 Å². The van der Waals surface area contributed by atoms with Crippen LogP contribution in [0.3, 0.4) is 0 Å². The molecule has 1 heterocycles. The van der Waals surface area contributed by atoms with Crippen molar-refractivity contribution in [3.8, 4) is 0 Å². The monoisotopic (exact) mass is 328 g/mol. The van der Waals surface area contributed by atoms with E-state index in [9.17, 15) is 4.79 Å². The van der Waals surface area contributed by atoms with Crippen molar-refractivity contribution in [2.75, 3.05) is 53.0 Å². The molecule has 2 N–H and O–H groups in total. The van der Waals surface area contributed by atoms with Crippen molar-refractivity contribution in [1.82, 2.24) is 15.5 Å². The van der Waals surface area contributed by atoms with Gasteiger partial charge in [0.1, 0.15) is 0 Å². The second-order valence-electron chi connectivity index (χ2n) is 6.12. The Morgan fingerprint density at radius 3 is 2.87 bits per heavy atom. The highest BCUT2D eigenvalue weighted by Crippen LogP contribution is 2.08. The maximum Gasteiger partial charge on any atom is 0.307 e. The summed E-state index contributed by atoms with van der Waals surface area (Å²) in [6, 6.07) is 0. The van der Waals surface area contributed by atoms with Crippen molar-refractivity contribution < 1.29 is 14.3 Å². The maximum absolute atomic E-state index is 11.1. The molecule has 1 unspecified atom stereocenters. The lowest BCUT2D eigenvalue weighted by molar-refractivity contribution is -0.140. The van der Waals surface area contributed by atoms with Gasteiger partial charge in [0.2, 0.25) is 0 Å². The highest BCUT2D eigenvalue weighted by atomic mass is 16.5. The molecule has 1 aliphatic heterocycles. The lowest BCUT2D eigenvalue weighted by Gasteiger charge is -2.33. The number of methoxy groups -OCH3 is 1. The van der Waals surface area contributed by atoms with Gasteiger partial charge < -0.3 is 20.1 Å². The fourth-order valence-electron chi connectivity index (χ4n) is 2.49. The van der Waals surface area contributed by atoms with Crippen molar-refractivity contribution >= 4 is 11.9 Å². The molecule has 1 aliphatic rings. The zero-order chi connectivity index (χ0) is 17.1. The highest BCUT2D eigenvalue weighted by molar-refractivity contribution is 5.80. The normalized spacial score (nSPS) is 19.7. The third-order valence-electron chi connectivity index (χ3n) is 3.49. The van der Waals surface area contributed by atoms with Crippen molar-refractivity contribution in [2.45, 2.75) is 33.3 Å². The predicted octanol–water partition coefficient (Wildman–Crippen LogP) is 0.461. The average Bonchev–Trinajstić information content (AvgIpc) is 2.52. The minimum absolute atomic E-state index is 0.124. The van der Waals surface area contributed by atoms with E-state index in [-0.39, 0.29) is 12.1 Å². The van der Waals surface area contributed by atoms with Gasteiger partial charge in [-0.05, 0) is 12.8 Å². The summed E-state index contributed by atoms with van der Waals surface area (Å²) in [5.41, 5.74) is 0. The largest absolute Gasteiger partial charge is 0.469 e. The smallest absolute Gasteiger partial charge is 0.307 e. The SMILES string of the molecule is CCNC(=NCC1CN(CC(C)C)CCO1)NCCC(=O)OC. The number of rotatable bonds is 8. The molecule has 7 heteroatoms. The lowest BCUT2D eigenvalue weighted by Crippen LogP contribution is -2.46. The molecule has 134 valence electrons. The van der Waals surface area contributed by atoms with Crippen LogP contribution in [-0.2, 0) is 14.3 Å². The molecule has 23 heavy (non-hydrogen) atoms. The number of aliphatic imine (C=N–C) groups is 1. The van der Waals surface area contributed by atoms with Crippen molar-refractivity contribution in [3.05, 3.63) is 0 Å². The fourth-order valence-corrected chi connectivity index (χ4v) is 2.49. The first-order valence-corrected chi connectivity index (χ1v) is 8.48. The molecule has 1 fully saturated rings. The molecule has 0 spiro atoms. The van der Waals surface area contributed by atoms with Gasteiger partial charge >= 0.3 is 5.97 Å². The zero-order valence-corrected chi connectivity index (χ0v) is 14.9. The third-order valence-corrected chi connectivity index (χ3v) is 3.49. The summed E-state index contributed by atoms with van der Waals surface area (Å²) < 4.78 is 10.4. The molecule has 0 saturated carbocycles. The van der Waals surface area contributed by atoms with Crippen LogP contribution in [-0.4, -0.2) is 75.9 Å². The summed E-state index contributed by atoms with van der Waals surface area (Å²) in [5.74, 6) is 1.14. The van der Waals surface area contributed by atoms with E-state index >= 15 is 0 Å². The predicted molar refractivity (Wildman–Crippen MR) is 91.6 cm³/mol. The third kappa shape index (κ3) is 8.76. The van der Waals surface area contributed by atoms with Crippen LogP contribution in [0, 0.1) is 5.92 Å². The lowest BCUT2D eigenvalue weighted by atomic mass is 10.2. The standard InChI is InChI=1S/C16H32N4O3/c1-5-17-16(18-7-6-15(21)22-4)19-10-14-12-20(8-9-23-14)11-13(2)3/h13-14H,5-12H2,1-4H3,(H2,17,18,19). The quantitative estimate of drug-likeness (QED) is 0.383. The van der Waals surface area contributed by atoms with Gasteiger partial charge in [0.15, 0.2) is 5.96 Å². The number of carbonyl (C=O) groups excluding carboxylic acids is 1. The van der Waals surface area contributed by atoms with Crippen molar-refractivity contribution in [1.29, 1.82) is 0 Å². The Kier molecular flexibility index (Phi) is 9.63. The average molecular weight is 328 g/mol. The van der Waals surface area contributed by atoms with E-state index in [1.165, 1.54) is 7.11 Å². The minimum Gasteiger partial charge on any atom is -0.469 e. The second-order valence-corrected chi connectivity index (χ2v) is 6.12. The molecular formula is C16H32N4O3. The van der Waals surface area contributed by atoms with Gasteiger partial charge in [-0.1, -0.05) is 13.8 Å². The van der Waals surface area contributed by atoms with E-state index < -0.39 is 0 Å². The molecule has 0 aliphatic carbocycles. The Morgan fingerprint density at radius 2 is 2.22 bits per heavy atom. The number of ether oxygens (including phenoxy) is 2. The molecular weight excluding hydrogens is 296 g/mol. The van der Waals surface area contributed by atoms with E-state index in [0.717, 1.165) is 32.8 Å². The maximum atomic E-state index is 11.1. The van der Waals surface area contributed by atoms with Gasteiger partial charge in [-0.15, -0.1) is 0 Å². The molecule has 1 rings (SSSR count). The number of esters is 1. The summed E-state index contributed by atoms with van der Waals surface area (Å²) in [7, 11) is 1.39. The van der Waals surface area contributed by atoms with Crippen LogP contribution < -0.4 is 10.6 Å². The summed E-state index contributed by atoms with van der Waals surface area (Å²) in [6.45, 7) is 12.1. The van der Waals surface area contributed by atoms with Gasteiger partial charge in [0.25, 0.3) is 0 Å². The van der Waals surface area contributed by atoms with Crippen molar-refractivity contribution in [3.63, 3.8) is 0 Å². The summed E-state index contributed by atoms with van der Waals surface area (Å²) >= 11 is 0. The number of hydrogen-bond acceptors (Lipinski definition) is 5. The van der Waals surface area contributed by atoms with Crippen LogP contribution in [0.15, 0.2) is 4.99 Å². The van der Waals surface area contributed by atoms with Gasteiger partial charge in [-0.3, -0.25) is 14.7 Å². The Hall–Kier alpha value is -1.34. The first kappa shape index (κ1) is 19.7. The van der Waals surface area contributed by atoms with Crippen LogP contribution in [0.4, 0.5) is 0 Å². The Morgan fingerprint density at radius 1 is 1.43 bits per heavy atom. The van der Waals surface area contributed by atoms with Gasteiger partial charge in [-0.2, -0.15) is 0 Å². The van der Waals surface area contributed by atoms with E-state index in [2.05, 4.69) is 39.1 Å². The fraction of sp³-hybridized carbons (Fsp3) is 0.875. The number of carbonyl (C=O) groups is 1. The van der Waals surface area contributed by atoms with Gasteiger partial charge in [0, 0.05) is 32.7 Å². The first-order chi connectivity index (χ1) is 11.0. The molecule has 0 amide bonds. The topological polar surface area (TPSA) is 75.2 Å². The molecule has 0 radical (unpaired) electrons.